The van der Waals surface area contributed by atoms with Crippen LogP contribution in [0.25, 0.3) is 0 Å². The molecule has 1 aliphatic rings. The highest BCUT2D eigenvalue weighted by Gasteiger charge is 2.29. The zero-order chi connectivity index (χ0) is 14.7. The summed E-state index contributed by atoms with van der Waals surface area (Å²) in [5.74, 6) is 0.905. The van der Waals surface area contributed by atoms with E-state index in [0.717, 1.165) is 37.4 Å². The SMILES string of the molecule is Cc1cccc(NCC2CCCN2C(=O)c2ccoc2)n1. The monoisotopic (exact) mass is 285 g/mol. The Balaban J connectivity index is 1.63. The molecule has 1 aliphatic heterocycles. The molecule has 0 aromatic carbocycles. The first-order chi connectivity index (χ1) is 10.2. The molecule has 1 amide bonds. The number of carbonyl (C=O) groups is 1. The predicted octanol–water partition coefficient (Wildman–Crippen LogP) is 2.70. The van der Waals surface area contributed by atoms with E-state index < -0.39 is 0 Å². The highest BCUT2D eigenvalue weighted by molar-refractivity contribution is 5.94. The van der Waals surface area contributed by atoms with Crippen LogP contribution in [0.2, 0.25) is 0 Å². The number of anilines is 1. The van der Waals surface area contributed by atoms with Gasteiger partial charge in [0, 0.05) is 24.8 Å². The van der Waals surface area contributed by atoms with Crippen LogP contribution in [0, 0.1) is 6.92 Å². The van der Waals surface area contributed by atoms with E-state index >= 15 is 0 Å². The van der Waals surface area contributed by atoms with Gasteiger partial charge in [0.1, 0.15) is 12.1 Å². The number of hydrogen-bond donors (Lipinski definition) is 1. The maximum atomic E-state index is 12.4. The molecule has 1 fully saturated rings. The van der Waals surface area contributed by atoms with Crippen molar-refractivity contribution in [3.63, 3.8) is 0 Å². The fourth-order valence-corrected chi connectivity index (χ4v) is 2.73. The molecule has 2 aromatic heterocycles. The van der Waals surface area contributed by atoms with Gasteiger partial charge in [0.05, 0.1) is 11.8 Å². The molecule has 0 spiro atoms. The van der Waals surface area contributed by atoms with Crippen LogP contribution in [0.5, 0.6) is 0 Å². The molecule has 3 rings (SSSR count). The molecular weight excluding hydrogens is 266 g/mol. The van der Waals surface area contributed by atoms with E-state index in [-0.39, 0.29) is 11.9 Å². The molecule has 1 N–H and O–H groups in total. The van der Waals surface area contributed by atoms with Crippen molar-refractivity contribution in [3.8, 4) is 0 Å². The maximum Gasteiger partial charge on any atom is 0.257 e. The van der Waals surface area contributed by atoms with Crippen molar-refractivity contribution < 1.29 is 9.21 Å². The number of rotatable bonds is 4. The fourth-order valence-electron chi connectivity index (χ4n) is 2.73. The van der Waals surface area contributed by atoms with E-state index in [1.807, 2.05) is 30.0 Å². The summed E-state index contributed by atoms with van der Waals surface area (Å²) in [5.41, 5.74) is 1.60. The lowest BCUT2D eigenvalue weighted by Crippen LogP contribution is -2.39. The zero-order valence-electron chi connectivity index (χ0n) is 12.1. The van der Waals surface area contributed by atoms with E-state index in [0.29, 0.717) is 5.56 Å². The third kappa shape index (κ3) is 3.07. The predicted molar refractivity (Wildman–Crippen MR) is 80.2 cm³/mol. The Labute approximate surface area is 124 Å². The zero-order valence-corrected chi connectivity index (χ0v) is 12.1. The minimum Gasteiger partial charge on any atom is -0.472 e. The normalized spacial score (nSPS) is 18.0. The Bertz CT molecular complexity index is 610. The Kier molecular flexibility index (Phi) is 3.90. The minimum atomic E-state index is 0.0465. The molecule has 110 valence electrons. The smallest absolute Gasteiger partial charge is 0.257 e. The van der Waals surface area contributed by atoms with Gasteiger partial charge < -0.3 is 14.6 Å². The van der Waals surface area contributed by atoms with Crippen LogP contribution in [0.3, 0.4) is 0 Å². The number of aromatic nitrogens is 1. The van der Waals surface area contributed by atoms with Crippen LogP contribution in [-0.4, -0.2) is 34.9 Å². The summed E-state index contributed by atoms with van der Waals surface area (Å²) in [7, 11) is 0. The number of nitrogens with zero attached hydrogens (tertiary/aromatic N) is 2. The number of likely N-dealkylation sites (tertiary alicyclic amines) is 1. The van der Waals surface area contributed by atoms with Gasteiger partial charge in [-0.2, -0.15) is 0 Å². The number of nitrogens with one attached hydrogen (secondary N) is 1. The van der Waals surface area contributed by atoms with Crippen molar-refractivity contribution in [2.24, 2.45) is 0 Å². The van der Waals surface area contributed by atoms with Gasteiger partial charge in [0.25, 0.3) is 5.91 Å². The van der Waals surface area contributed by atoms with E-state index in [4.69, 9.17) is 4.42 Å². The van der Waals surface area contributed by atoms with Gasteiger partial charge >= 0.3 is 0 Å². The number of furan rings is 1. The van der Waals surface area contributed by atoms with Crippen molar-refractivity contribution in [3.05, 3.63) is 48.0 Å². The molecule has 1 saturated heterocycles. The standard InChI is InChI=1S/C16H19N3O2/c1-12-4-2-6-15(18-12)17-10-14-5-3-8-19(14)16(20)13-7-9-21-11-13/h2,4,6-7,9,11,14H,3,5,8,10H2,1H3,(H,17,18). The second-order valence-electron chi connectivity index (χ2n) is 5.35. The first kappa shape index (κ1) is 13.7. The second kappa shape index (κ2) is 5.99. The molecule has 1 atom stereocenters. The average Bonchev–Trinajstić information content (AvgIpc) is 3.16. The lowest BCUT2D eigenvalue weighted by molar-refractivity contribution is 0.0743. The Morgan fingerprint density at radius 1 is 1.48 bits per heavy atom. The lowest BCUT2D eigenvalue weighted by Gasteiger charge is -2.24. The summed E-state index contributed by atoms with van der Waals surface area (Å²) in [5, 5.41) is 3.33. The number of amides is 1. The summed E-state index contributed by atoms with van der Waals surface area (Å²) in [4.78, 5) is 18.8. The van der Waals surface area contributed by atoms with Crippen LogP contribution in [-0.2, 0) is 0 Å². The van der Waals surface area contributed by atoms with Gasteiger partial charge in [-0.15, -0.1) is 0 Å². The molecule has 0 saturated carbocycles. The number of carbonyl (C=O) groups excluding carboxylic acids is 1. The largest absolute Gasteiger partial charge is 0.472 e. The maximum absolute atomic E-state index is 12.4. The van der Waals surface area contributed by atoms with Gasteiger partial charge in [-0.3, -0.25) is 4.79 Å². The van der Waals surface area contributed by atoms with E-state index in [2.05, 4.69) is 10.3 Å². The minimum absolute atomic E-state index is 0.0465. The average molecular weight is 285 g/mol. The molecule has 5 heteroatoms. The summed E-state index contributed by atoms with van der Waals surface area (Å²) in [6.07, 6.45) is 5.10. The first-order valence-electron chi connectivity index (χ1n) is 7.25. The topological polar surface area (TPSA) is 58.4 Å². The van der Waals surface area contributed by atoms with Crippen molar-refractivity contribution in [2.45, 2.75) is 25.8 Å². The summed E-state index contributed by atoms with van der Waals surface area (Å²) >= 11 is 0. The van der Waals surface area contributed by atoms with Crippen LogP contribution in [0.15, 0.2) is 41.2 Å². The molecule has 2 aromatic rings. The van der Waals surface area contributed by atoms with Crippen LogP contribution in [0.1, 0.15) is 28.9 Å². The molecule has 21 heavy (non-hydrogen) atoms. The number of aryl methyl sites for hydroxylation is 1. The van der Waals surface area contributed by atoms with Gasteiger partial charge in [-0.25, -0.2) is 4.98 Å². The molecule has 5 nitrogen and oxygen atoms in total. The van der Waals surface area contributed by atoms with Gasteiger partial charge in [0.2, 0.25) is 0 Å². The van der Waals surface area contributed by atoms with Crippen molar-refractivity contribution in [1.82, 2.24) is 9.88 Å². The van der Waals surface area contributed by atoms with E-state index in [1.165, 1.54) is 12.5 Å². The Morgan fingerprint density at radius 2 is 2.38 bits per heavy atom. The number of hydrogen-bond acceptors (Lipinski definition) is 4. The van der Waals surface area contributed by atoms with Crippen molar-refractivity contribution >= 4 is 11.7 Å². The van der Waals surface area contributed by atoms with Gasteiger partial charge in [-0.05, 0) is 38.0 Å². The molecule has 0 aliphatic carbocycles. The first-order valence-corrected chi connectivity index (χ1v) is 7.25. The van der Waals surface area contributed by atoms with Crippen molar-refractivity contribution in [1.29, 1.82) is 0 Å². The fraction of sp³-hybridized carbons (Fsp3) is 0.375. The van der Waals surface area contributed by atoms with Crippen LogP contribution in [0.4, 0.5) is 5.82 Å². The highest BCUT2D eigenvalue weighted by atomic mass is 16.3. The van der Waals surface area contributed by atoms with E-state index in [1.54, 1.807) is 6.07 Å². The summed E-state index contributed by atoms with van der Waals surface area (Å²) in [6.45, 7) is 3.49. The number of pyridine rings is 1. The Morgan fingerprint density at radius 3 is 3.14 bits per heavy atom. The van der Waals surface area contributed by atoms with Gasteiger partial charge in [0.15, 0.2) is 0 Å². The van der Waals surface area contributed by atoms with Crippen LogP contribution < -0.4 is 5.32 Å². The molecular formula is C16H19N3O2. The Hall–Kier alpha value is -2.30. The molecule has 3 heterocycles. The third-order valence-corrected chi connectivity index (χ3v) is 3.81. The second-order valence-corrected chi connectivity index (χ2v) is 5.35. The lowest BCUT2D eigenvalue weighted by atomic mass is 10.2. The van der Waals surface area contributed by atoms with Crippen molar-refractivity contribution in [2.75, 3.05) is 18.4 Å². The van der Waals surface area contributed by atoms with Crippen LogP contribution >= 0.6 is 0 Å². The molecule has 0 radical (unpaired) electrons. The van der Waals surface area contributed by atoms with E-state index in [9.17, 15) is 4.79 Å². The summed E-state index contributed by atoms with van der Waals surface area (Å²) in [6, 6.07) is 7.82. The molecule has 0 bridgehead atoms. The third-order valence-electron chi connectivity index (χ3n) is 3.81. The summed E-state index contributed by atoms with van der Waals surface area (Å²) < 4.78 is 5.00. The highest BCUT2D eigenvalue weighted by Crippen LogP contribution is 2.20. The molecule has 1 unspecified atom stereocenters. The quantitative estimate of drug-likeness (QED) is 0.938. The van der Waals surface area contributed by atoms with Gasteiger partial charge in [-0.1, -0.05) is 6.07 Å².